The van der Waals surface area contributed by atoms with Crippen molar-refractivity contribution in [1.82, 2.24) is 19.6 Å². The minimum atomic E-state index is 0.570. The van der Waals surface area contributed by atoms with E-state index in [1.807, 2.05) is 31.2 Å². The van der Waals surface area contributed by atoms with Crippen molar-refractivity contribution in [2.24, 2.45) is 0 Å². The number of nitrogens with zero attached hydrogens (tertiary/aromatic N) is 5. The van der Waals surface area contributed by atoms with Gasteiger partial charge >= 0.3 is 0 Å². The Hall–Kier alpha value is -2.13. The molecule has 0 fully saturated rings. The number of para-hydroxylation sites is 1. The third kappa shape index (κ3) is 2.32. The Morgan fingerprint density at radius 3 is 3.00 bits per heavy atom. The van der Waals surface area contributed by atoms with Crippen LogP contribution in [0.25, 0.3) is 16.6 Å². The summed E-state index contributed by atoms with van der Waals surface area (Å²) in [5.41, 5.74) is 1.77. The third-order valence-electron chi connectivity index (χ3n) is 2.92. The molecule has 20 heavy (non-hydrogen) atoms. The van der Waals surface area contributed by atoms with Crippen molar-refractivity contribution in [3.05, 3.63) is 30.1 Å². The number of hydrogen-bond donors (Lipinski definition) is 0. The van der Waals surface area contributed by atoms with E-state index in [1.165, 1.54) is 0 Å². The van der Waals surface area contributed by atoms with Crippen LogP contribution in [0.2, 0.25) is 0 Å². The maximum absolute atomic E-state index is 8.58. The van der Waals surface area contributed by atoms with Crippen molar-refractivity contribution in [1.29, 1.82) is 5.26 Å². The number of nitriles is 1. The van der Waals surface area contributed by atoms with E-state index in [2.05, 4.69) is 21.1 Å². The summed E-state index contributed by atoms with van der Waals surface area (Å²) in [6.07, 6.45) is 1.42. The lowest BCUT2D eigenvalue weighted by Crippen LogP contribution is -1.98. The van der Waals surface area contributed by atoms with Crippen LogP contribution in [0.5, 0.6) is 0 Å². The Morgan fingerprint density at radius 1 is 1.30 bits per heavy atom. The van der Waals surface area contributed by atoms with E-state index >= 15 is 0 Å². The zero-order valence-corrected chi connectivity index (χ0v) is 11.9. The van der Waals surface area contributed by atoms with Crippen molar-refractivity contribution >= 4 is 28.3 Å². The van der Waals surface area contributed by atoms with Crippen LogP contribution in [0.4, 0.5) is 0 Å². The van der Waals surface area contributed by atoms with Crippen LogP contribution in [0, 0.1) is 18.3 Å². The highest BCUT2D eigenvalue weighted by Crippen LogP contribution is 2.24. The van der Waals surface area contributed by atoms with Gasteiger partial charge < -0.3 is 0 Å². The quantitative estimate of drug-likeness (QED) is 0.418. The molecule has 100 valence electrons. The summed E-state index contributed by atoms with van der Waals surface area (Å²) in [6, 6.07) is 10.1. The second-order valence-electron chi connectivity index (χ2n) is 4.42. The zero-order chi connectivity index (χ0) is 13.9. The standard InChI is InChI=1S/C14H13N5S/c1-10-16-13-11-6-2-3-7-12(11)17-14(19(13)18-10)20-9-5-4-8-15/h2-3,6-7H,4-5,9H2,1H3. The molecule has 2 aromatic heterocycles. The molecule has 1 aromatic carbocycles. The molecule has 0 N–H and O–H groups in total. The second kappa shape index (κ2) is 5.47. The largest absolute Gasteiger partial charge is 0.222 e. The van der Waals surface area contributed by atoms with Crippen LogP contribution in [-0.4, -0.2) is 25.3 Å². The number of aromatic nitrogens is 4. The Morgan fingerprint density at radius 2 is 2.15 bits per heavy atom. The topological polar surface area (TPSA) is 66.9 Å². The number of rotatable bonds is 4. The summed E-state index contributed by atoms with van der Waals surface area (Å²) in [5.74, 6) is 1.59. The van der Waals surface area contributed by atoms with Gasteiger partial charge in [-0.05, 0) is 25.5 Å². The molecule has 0 unspecified atom stereocenters. The fourth-order valence-corrected chi connectivity index (χ4v) is 2.93. The van der Waals surface area contributed by atoms with Crippen molar-refractivity contribution in [2.75, 3.05) is 5.75 Å². The number of hydrogen-bond acceptors (Lipinski definition) is 5. The van der Waals surface area contributed by atoms with E-state index in [1.54, 1.807) is 16.3 Å². The first-order valence-electron chi connectivity index (χ1n) is 6.41. The number of fused-ring (bicyclic) bond motifs is 3. The fourth-order valence-electron chi connectivity index (χ4n) is 2.04. The number of benzene rings is 1. The molecular formula is C14H13N5S. The van der Waals surface area contributed by atoms with Crippen molar-refractivity contribution < 1.29 is 0 Å². The molecule has 0 aliphatic rings. The normalized spacial score (nSPS) is 11.0. The molecule has 6 heteroatoms. The van der Waals surface area contributed by atoms with Gasteiger partial charge in [-0.25, -0.2) is 9.97 Å². The summed E-state index contributed by atoms with van der Waals surface area (Å²) in [4.78, 5) is 9.15. The summed E-state index contributed by atoms with van der Waals surface area (Å²) in [5, 5.41) is 14.8. The molecule has 3 aromatic rings. The lowest BCUT2D eigenvalue weighted by Gasteiger charge is -2.05. The molecule has 5 nitrogen and oxygen atoms in total. The summed E-state index contributed by atoms with van der Waals surface area (Å²) >= 11 is 1.62. The maximum Gasteiger partial charge on any atom is 0.191 e. The molecule has 0 amide bonds. The molecule has 2 heterocycles. The number of aryl methyl sites for hydroxylation is 1. The van der Waals surface area contributed by atoms with Gasteiger partial charge in [-0.2, -0.15) is 9.78 Å². The highest BCUT2D eigenvalue weighted by atomic mass is 32.2. The fraction of sp³-hybridized carbons (Fsp3) is 0.286. The minimum absolute atomic E-state index is 0.570. The van der Waals surface area contributed by atoms with Crippen LogP contribution in [0.1, 0.15) is 18.7 Å². The minimum Gasteiger partial charge on any atom is -0.222 e. The van der Waals surface area contributed by atoms with E-state index in [4.69, 9.17) is 5.26 Å². The van der Waals surface area contributed by atoms with Gasteiger partial charge in [0, 0.05) is 17.6 Å². The van der Waals surface area contributed by atoms with Crippen LogP contribution in [0.3, 0.4) is 0 Å². The molecule has 0 radical (unpaired) electrons. The first-order chi connectivity index (χ1) is 9.79. The van der Waals surface area contributed by atoms with Crippen LogP contribution >= 0.6 is 11.8 Å². The van der Waals surface area contributed by atoms with E-state index in [9.17, 15) is 0 Å². The first kappa shape index (κ1) is 12.9. The van der Waals surface area contributed by atoms with Gasteiger partial charge in [-0.1, -0.05) is 23.9 Å². The molecule has 0 saturated heterocycles. The third-order valence-corrected chi connectivity index (χ3v) is 3.93. The molecule has 0 bridgehead atoms. The lowest BCUT2D eigenvalue weighted by atomic mass is 10.2. The Kier molecular flexibility index (Phi) is 3.52. The average molecular weight is 283 g/mol. The molecular weight excluding hydrogens is 270 g/mol. The van der Waals surface area contributed by atoms with Crippen molar-refractivity contribution in [3.63, 3.8) is 0 Å². The van der Waals surface area contributed by atoms with Gasteiger partial charge in [0.25, 0.3) is 0 Å². The van der Waals surface area contributed by atoms with E-state index < -0.39 is 0 Å². The average Bonchev–Trinajstić information content (AvgIpc) is 2.85. The van der Waals surface area contributed by atoms with Gasteiger partial charge in [0.05, 0.1) is 11.6 Å². The summed E-state index contributed by atoms with van der Waals surface area (Å²) < 4.78 is 1.80. The first-order valence-corrected chi connectivity index (χ1v) is 7.40. The van der Waals surface area contributed by atoms with Gasteiger partial charge in [0.1, 0.15) is 5.82 Å². The van der Waals surface area contributed by atoms with Gasteiger partial charge in [0.15, 0.2) is 10.8 Å². The summed E-state index contributed by atoms with van der Waals surface area (Å²) in [7, 11) is 0. The molecule has 0 saturated carbocycles. The molecule has 3 rings (SSSR count). The predicted molar refractivity (Wildman–Crippen MR) is 78.6 cm³/mol. The molecule has 0 aliphatic carbocycles. The van der Waals surface area contributed by atoms with Crippen molar-refractivity contribution in [3.8, 4) is 6.07 Å². The molecule has 0 atom stereocenters. The summed E-state index contributed by atoms with van der Waals surface area (Å²) in [6.45, 7) is 1.88. The molecule has 0 spiro atoms. The maximum atomic E-state index is 8.58. The van der Waals surface area contributed by atoms with Gasteiger partial charge in [-0.3, -0.25) is 0 Å². The van der Waals surface area contributed by atoms with Gasteiger partial charge in [-0.15, -0.1) is 5.10 Å². The van der Waals surface area contributed by atoms with Crippen LogP contribution in [-0.2, 0) is 0 Å². The second-order valence-corrected chi connectivity index (χ2v) is 5.48. The van der Waals surface area contributed by atoms with Gasteiger partial charge in [0.2, 0.25) is 0 Å². The highest BCUT2D eigenvalue weighted by Gasteiger charge is 2.11. The number of thioether (sulfide) groups is 1. The number of unbranched alkanes of at least 4 members (excludes halogenated alkanes) is 1. The Labute approximate surface area is 120 Å². The van der Waals surface area contributed by atoms with E-state index in [0.717, 1.165) is 39.7 Å². The van der Waals surface area contributed by atoms with Crippen molar-refractivity contribution in [2.45, 2.75) is 24.9 Å². The smallest absolute Gasteiger partial charge is 0.191 e. The Balaban J connectivity index is 2.07. The molecule has 0 aliphatic heterocycles. The van der Waals surface area contributed by atoms with E-state index in [0.29, 0.717) is 6.42 Å². The van der Waals surface area contributed by atoms with Crippen LogP contribution < -0.4 is 0 Å². The lowest BCUT2D eigenvalue weighted by molar-refractivity contribution is 0.795. The van der Waals surface area contributed by atoms with Crippen LogP contribution in [0.15, 0.2) is 29.4 Å². The van der Waals surface area contributed by atoms with E-state index in [-0.39, 0.29) is 0 Å². The SMILES string of the molecule is Cc1nc2c3ccccc3nc(SCCCC#N)n2n1. The predicted octanol–water partition coefficient (Wildman–Crippen LogP) is 2.98. The zero-order valence-electron chi connectivity index (χ0n) is 11.1. The highest BCUT2D eigenvalue weighted by molar-refractivity contribution is 7.99. The Bertz CT molecular complexity index is 802. The monoisotopic (exact) mass is 283 g/mol.